The Morgan fingerprint density at radius 2 is 2.17 bits per heavy atom. The smallest absolute Gasteiger partial charge is 0.261 e. The Kier molecular flexibility index (Phi) is 7.16. The van der Waals surface area contributed by atoms with Crippen LogP contribution in [-0.4, -0.2) is 26.1 Å². The molecule has 1 aromatic rings. The molecule has 0 spiro atoms. The highest BCUT2D eigenvalue weighted by atomic mass is 35.5. The molecule has 0 aromatic heterocycles. The fourth-order valence-electron chi connectivity index (χ4n) is 1.58. The molecule has 18 heavy (non-hydrogen) atoms. The Morgan fingerprint density at radius 3 is 2.78 bits per heavy atom. The van der Waals surface area contributed by atoms with Gasteiger partial charge in [-0.25, -0.2) is 8.78 Å². The summed E-state index contributed by atoms with van der Waals surface area (Å²) < 4.78 is 29.6. The maximum atomic E-state index is 12.2. The Labute approximate surface area is 111 Å². The monoisotopic (exact) mass is 277 g/mol. The molecule has 1 N–H and O–H groups in total. The van der Waals surface area contributed by atoms with E-state index in [-0.39, 0.29) is 0 Å². The lowest BCUT2D eigenvalue weighted by Crippen LogP contribution is -2.25. The number of ether oxygens (including phenoxy) is 1. The number of halogens is 3. The van der Waals surface area contributed by atoms with E-state index in [0.29, 0.717) is 11.6 Å². The van der Waals surface area contributed by atoms with Crippen molar-refractivity contribution in [3.05, 3.63) is 34.9 Å². The number of rotatable bonds is 8. The Morgan fingerprint density at radius 1 is 1.39 bits per heavy atom. The lowest BCUT2D eigenvalue weighted by atomic mass is 10.1. The first-order chi connectivity index (χ1) is 8.63. The molecule has 102 valence electrons. The fourth-order valence-corrected chi connectivity index (χ4v) is 1.78. The molecule has 1 rings (SSSR count). The van der Waals surface area contributed by atoms with Gasteiger partial charge in [0, 0.05) is 11.6 Å². The molecule has 0 fully saturated rings. The van der Waals surface area contributed by atoms with E-state index in [1.54, 1.807) is 18.2 Å². The first kappa shape index (κ1) is 15.3. The fraction of sp³-hybridized carbons (Fsp3) is 0.538. The van der Waals surface area contributed by atoms with Crippen LogP contribution in [0.5, 0.6) is 0 Å². The summed E-state index contributed by atoms with van der Waals surface area (Å²) in [5, 5.41) is 3.74. The van der Waals surface area contributed by atoms with Gasteiger partial charge in [-0.2, -0.15) is 0 Å². The van der Waals surface area contributed by atoms with Crippen molar-refractivity contribution in [3.8, 4) is 0 Å². The van der Waals surface area contributed by atoms with E-state index in [1.807, 2.05) is 13.0 Å². The molecule has 0 saturated heterocycles. The van der Waals surface area contributed by atoms with Gasteiger partial charge in [-0.15, -0.1) is 0 Å². The van der Waals surface area contributed by atoms with Gasteiger partial charge in [-0.3, -0.25) is 0 Å². The van der Waals surface area contributed by atoms with Crippen LogP contribution in [0, 0.1) is 0 Å². The zero-order valence-electron chi connectivity index (χ0n) is 10.3. The molecular formula is C13H18ClF2NO. The lowest BCUT2D eigenvalue weighted by Gasteiger charge is -2.19. The molecule has 0 heterocycles. The van der Waals surface area contributed by atoms with E-state index < -0.39 is 19.1 Å². The molecule has 5 heteroatoms. The zero-order valence-corrected chi connectivity index (χ0v) is 11.1. The summed E-state index contributed by atoms with van der Waals surface area (Å²) >= 11 is 5.89. The minimum atomic E-state index is -2.46. The van der Waals surface area contributed by atoms with Gasteiger partial charge in [-0.05, 0) is 30.7 Å². The number of hydrogen-bond acceptors (Lipinski definition) is 2. The Bertz CT molecular complexity index is 350. The first-order valence-corrected chi connectivity index (χ1v) is 6.37. The second kappa shape index (κ2) is 8.40. The molecule has 0 aliphatic heterocycles. The van der Waals surface area contributed by atoms with Crippen molar-refractivity contribution in [1.29, 1.82) is 0 Å². The van der Waals surface area contributed by atoms with E-state index in [0.717, 1.165) is 18.5 Å². The van der Waals surface area contributed by atoms with Crippen LogP contribution in [0.25, 0.3) is 0 Å². The second-order valence-electron chi connectivity index (χ2n) is 3.97. The summed E-state index contributed by atoms with van der Waals surface area (Å²) in [6.45, 7) is 2.81. The molecule has 1 unspecified atom stereocenters. The van der Waals surface area contributed by atoms with Crippen LogP contribution in [0.3, 0.4) is 0 Å². The van der Waals surface area contributed by atoms with E-state index in [9.17, 15) is 8.78 Å². The van der Waals surface area contributed by atoms with Crippen LogP contribution < -0.4 is 5.32 Å². The van der Waals surface area contributed by atoms with Gasteiger partial charge in [0.25, 0.3) is 6.43 Å². The molecule has 0 bridgehead atoms. The normalized spacial score (nSPS) is 12.9. The highest BCUT2D eigenvalue weighted by Crippen LogP contribution is 2.21. The van der Waals surface area contributed by atoms with E-state index >= 15 is 0 Å². The van der Waals surface area contributed by atoms with Crippen molar-refractivity contribution in [2.24, 2.45) is 0 Å². The van der Waals surface area contributed by atoms with Crippen LogP contribution in [-0.2, 0) is 4.74 Å². The van der Waals surface area contributed by atoms with Gasteiger partial charge in [0.05, 0.1) is 6.10 Å². The summed E-state index contributed by atoms with van der Waals surface area (Å²) in [4.78, 5) is 0. The van der Waals surface area contributed by atoms with Crippen LogP contribution in [0.4, 0.5) is 8.78 Å². The van der Waals surface area contributed by atoms with Crippen LogP contribution in [0.1, 0.15) is 25.0 Å². The van der Waals surface area contributed by atoms with Gasteiger partial charge < -0.3 is 10.1 Å². The van der Waals surface area contributed by atoms with Crippen LogP contribution in [0.15, 0.2) is 24.3 Å². The van der Waals surface area contributed by atoms with E-state index in [4.69, 9.17) is 16.3 Å². The molecule has 0 amide bonds. The number of benzene rings is 1. The van der Waals surface area contributed by atoms with Crippen molar-refractivity contribution in [1.82, 2.24) is 5.32 Å². The highest BCUT2D eigenvalue weighted by Gasteiger charge is 2.14. The second-order valence-corrected chi connectivity index (χ2v) is 4.41. The maximum Gasteiger partial charge on any atom is 0.261 e. The van der Waals surface area contributed by atoms with Gasteiger partial charge >= 0.3 is 0 Å². The Hall–Kier alpha value is -0.710. The van der Waals surface area contributed by atoms with Crippen molar-refractivity contribution in [2.75, 3.05) is 19.7 Å². The van der Waals surface area contributed by atoms with E-state index in [1.165, 1.54) is 0 Å². The summed E-state index contributed by atoms with van der Waals surface area (Å²) in [7, 11) is 0. The molecule has 0 aliphatic carbocycles. The maximum absolute atomic E-state index is 12.2. The SMILES string of the molecule is CCCNCC(OCC(F)F)c1cccc(Cl)c1. The topological polar surface area (TPSA) is 21.3 Å². The average Bonchev–Trinajstić information content (AvgIpc) is 2.33. The van der Waals surface area contributed by atoms with Gasteiger partial charge in [0.15, 0.2) is 0 Å². The van der Waals surface area contributed by atoms with Crippen molar-refractivity contribution < 1.29 is 13.5 Å². The predicted octanol–water partition coefficient (Wildman–Crippen LogP) is 3.66. The quantitative estimate of drug-likeness (QED) is 0.732. The zero-order chi connectivity index (χ0) is 13.4. The van der Waals surface area contributed by atoms with Gasteiger partial charge in [-0.1, -0.05) is 30.7 Å². The summed E-state index contributed by atoms with van der Waals surface area (Å²) in [6.07, 6.45) is -1.88. The highest BCUT2D eigenvalue weighted by molar-refractivity contribution is 6.30. The standard InChI is InChI=1S/C13H18ClF2NO/c1-2-6-17-8-12(18-9-13(15)16)10-4-3-5-11(14)7-10/h3-5,7,12-13,17H,2,6,8-9H2,1H3. The predicted molar refractivity (Wildman–Crippen MR) is 69.3 cm³/mol. The van der Waals surface area contributed by atoms with Crippen molar-refractivity contribution in [3.63, 3.8) is 0 Å². The molecule has 1 atom stereocenters. The summed E-state index contributed by atoms with van der Waals surface area (Å²) in [6, 6.07) is 7.10. The number of hydrogen-bond donors (Lipinski definition) is 1. The molecule has 1 aromatic carbocycles. The molecule has 2 nitrogen and oxygen atoms in total. The lowest BCUT2D eigenvalue weighted by molar-refractivity contribution is -0.0245. The van der Waals surface area contributed by atoms with Crippen molar-refractivity contribution >= 4 is 11.6 Å². The minimum Gasteiger partial charge on any atom is -0.366 e. The van der Waals surface area contributed by atoms with Gasteiger partial charge in [0.2, 0.25) is 0 Å². The largest absolute Gasteiger partial charge is 0.366 e. The van der Waals surface area contributed by atoms with Gasteiger partial charge in [0.1, 0.15) is 6.61 Å². The van der Waals surface area contributed by atoms with E-state index in [2.05, 4.69) is 5.32 Å². The first-order valence-electron chi connectivity index (χ1n) is 5.99. The number of alkyl halides is 2. The van der Waals surface area contributed by atoms with Crippen LogP contribution in [0.2, 0.25) is 5.02 Å². The molecule has 0 radical (unpaired) electrons. The average molecular weight is 278 g/mol. The summed E-state index contributed by atoms with van der Waals surface area (Å²) in [5.74, 6) is 0. The summed E-state index contributed by atoms with van der Waals surface area (Å²) in [5.41, 5.74) is 0.812. The minimum absolute atomic E-state index is 0.399. The van der Waals surface area contributed by atoms with Crippen LogP contribution >= 0.6 is 11.6 Å². The van der Waals surface area contributed by atoms with Crippen molar-refractivity contribution in [2.45, 2.75) is 25.9 Å². The Balaban J connectivity index is 2.63. The molecular weight excluding hydrogens is 260 g/mol. The third-order valence-corrected chi connectivity index (χ3v) is 2.64. The third kappa shape index (κ3) is 5.76. The molecule has 0 saturated carbocycles. The number of nitrogens with one attached hydrogen (secondary N) is 1. The third-order valence-electron chi connectivity index (χ3n) is 2.40. The molecule has 0 aliphatic rings.